The molecular formula is C18H16O3. The highest BCUT2D eigenvalue weighted by molar-refractivity contribution is 5.72. The van der Waals surface area contributed by atoms with Crippen molar-refractivity contribution in [1.82, 2.24) is 0 Å². The van der Waals surface area contributed by atoms with Crippen molar-refractivity contribution in [3.05, 3.63) is 71.8 Å². The molecule has 2 fully saturated rings. The third-order valence-electron chi connectivity index (χ3n) is 4.37. The third kappa shape index (κ3) is 1.88. The third-order valence-corrected chi connectivity index (χ3v) is 4.37. The van der Waals surface area contributed by atoms with E-state index in [1.165, 1.54) is 0 Å². The standard InChI is InChI=1S/C18H16O3/c19-16-11-12-17(20-16)13-18(21-17,14-7-3-1-4-8-14)15-9-5-2-6-10-15/h1-10H,11-13H2. The summed E-state index contributed by atoms with van der Waals surface area (Å²) in [4.78, 5) is 11.4. The predicted molar refractivity (Wildman–Crippen MR) is 77.4 cm³/mol. The summed E-state index contributed by atoms with van der Waals surface area (Å²) in [7, 11) is 0. The molecule has 4 rings (SSSR count). The lowest BCUT2D eigenvalue weighted by Gasteiger charge is -2.53. The average molecular weight is 280 g/mol. The Balaban J connectivity index is 1.75. The number of rotatable bonds is 2. The Kier molecular flexibility index (Phi) is 2.66. The molecule has 3 nitrogen and oxygen atoms in total. The van der Waals surface area contributed by atoms with E-state index >= 15 is 0 Å². The lowest BCUT2D eigenvalue weighted by molar-refractivity contribution is -0.351. The van der Waals surface area contributed by atoms with Crippen molar-refractivity contribution in [2.24, 2.45) is 0 Å². The number of benzene rings is 2. The van der Waals surface area contributed by atoms with E-state index in [0.717, 1.165) is 11.1 Å². The van der Waals surface area contributed by atoms with Crippen molar-refractivity contribution in [1.29, 1.82) is 0 Å². The summed E-state index contributed by atoms with van der Waals surface area (Å²) in [6, 6.07) is 20.3. The van der Waals surface area contributed by atoms with Crippen LogP contribution in [0.1, 0.15) is 30.4 Å². The Labute approximate surface area is 123 Å². The molecule has 3 heteroatoms. The smallest absolute Gasteiger partial charge is 0.308 e. The maximum Gasteiger partial charge on any atom is 0.308 e. The van der Waals surface area contributed by atoms with Crippen molar-refractivity contribution in [3.8, 4) is 0 Å². The molecule has 1 atom stereocenters. The quantitative estimate of drug-likeness (QED) is 0.791. The van der Waals surface area contributed by atoms with Crippen LogP contribution in [0.4, 0.5) is 0 Å². The monoisotopic (exact) mass is 280 g/mol. The first kappa shape index (κ1) is 12.6. The van der Waals surface area contributed by atoms with Crippen LogP contribution in [0.3, 0.4) is 0 Å². The molecule has 2 saturated heterocycles. The Morgan fingerprint density at radius 3 is 1.81 bits per heavy atom. The van der Waals surface area contributed by atoms with Crippen LogP contribution in [-0.4, -0.2) is 11.8 Å². The van der Waals surface area contributed by atoms with Crippen molar-refractivity contribution >= 4 is 5.97 Å². The van der Waals surface area contributed by atoms with Gasteiger partial charge in [0.15, 0.2) is 0 Å². The van der Waals surface area contributed by atoms with Gasteiger partial charge in [0.05, 0.1) is 12.8 Å². The van der Waals surface area contributed by atoms with Gasteiger partial charge in [-0.05, 0) is 11.1 Å². The van der Waals surface area contributed by atoms with Crippen LogP contribution < -0.4 is 0 Å². The molecule has 0 saturated carbocycles. The molecule has 0 aliphatic carbocycles. The molecule has 21 heavy (non-hydrogen) atoms. The molecule has 106 valence electrons. The number of carbonyl (C=O) groups is 1. The van der Waals surface area contributed by atoms with Gasteiger partial charge in [0.25, 0.3) is 0 Å². The summed E-state index contributed by atoms with van der Waals surface area (Å²) in [6.07, 6.45) is 1.77. The molecule has 1 spiro atoms. The van der Waals surface area contributed by atoms with Crippen molar-refractivity contribution in [2.45, 2.75) is 30.7 Å². The summed E-state index contributed by atoms with van der Waals surface area (Å²) in [5.74, 6) is -0.882. The Morgan fingerprint density at radius 1 is 0.857 bits per heavy atom. The van der Waals surface area contributed by atoms with E-state index in [9.17, 15) is 4.79 Å². The second kappa shape index (κ2) is 4.43. The van der Waals surface area contributed by atoms with Crippen molar-refractivity contribution < 1.29 is 14.3 Å². The van der Waals surface area contributed by atoms with Gasteiger partial charge in [0, 0.05) is 6.42 Å². The van der Waals surface area contributed by atoms with Crippen LogP contribution in [-0.2, 0) is 19.9 Å². The normalized spacial score (nSPS) is 26.4. The van der Waals surface area contributed by atoms with Crippen LogP contribution in [0.15, 0.2) is 60.7 Å². The Morgan fingerprint density at radius 2 is 1.38 bits per heavy atom. The van der Waals surface area contributed by atoms with Crippen LogP contribution >= 0.6 is 0 Å². The van der Waals surface area contributed by atoms with Gasteiger partial charge in [0.2, 0.25) is 5.79 Å². The zero-order valence-corrected chi connectivity index (χ0v) is 11.6. The van der Waals surface area contributed by atoms with E-state index in [2.05, 4.69) is 24.3 Å². The van der Waals surface area contributed by atoms with E-state index in [-0.39, 0.29) is 5.97 Å². The lowest BCUT2D eigenvalue weighted by Crippen LogP contribution is -2.58. The number of esters is 1. The minimum atomic E-state index is -0.719. The molecule has 2 aliphatic rings. The Hall–Kier alpha value is -2.13. The van der Waals surface area contributed by atoms with E-state index in [4.69, 9.17) is 9.47 Å². The van der Waals surface area contributed by atoms with Gasteiger partial charge >= 0.3 is 5.97 Å². The first-order valence-corrected chi connectivity index (χ1v) is 7.26. The predicted octanol–water partition coefficient (Wildman–Crippen LogP) is 3.38. The zero-order chi connectivity index (χ0) is 14.3. The molecule has 2 heterocycles. The van der Waals surface area contributed by atoms with Crippen LogP contribution in [0, 0.1) is 0 Å². The van der Waals surface area contributed by atoms with Crippen molar-refractivity contribution in [3.63, 3.8) is 0 Å². The summed E-state index contributed by atoms with van der Waals surface area (Å²) >= 11 is 0. The molecule has 2 aliphatic heterocycles. The fourth-order valence-corrected chi connectivity index (χ4v) is 3.39. The number of ether oxygens (including phenoxy) is 2. The van der Waals surface area contributed by atoms with Gasteiger partial charge in [-0.2, -0.15) is 0 Å². The highest BCUT2D eigenvalue weighted by Crippen LogP contribution is 2.56. The molecule has 2 aromatic rings. The summed E-state index contributed by atoms with van der Waals surface area (Å²) < 4.78 is 11.7. The molecule has 2 aromatic carbocycles. The van der Waals surface area contributed by atoms with E-state index < -0.39 is 11.4 Å². The molecule has 0 amide bonds. The summed E-state index contributed by atoms with van der Waals surface area (Å²) in [5, 5.41) is 0. The van der Waals surface area contributed by atoms with Crippen LogP contribution in [0.25, 0.3) is 0 Å². The summed E-state index contributed by atoms with van der Waals surface area (Å²) in [6.45, 7) is 0. The highest BCUT2D eigenvalue weighted by Gasteiger charge is 2.62. The van der Waals surface area contributed by atoms with Crippen molar-refractivity contribution in [2.75, 3.05) is 0 Å². The molecule has 0 radical (unpaired) electrons. The number of hydrogen-bond donors (Lipinski definition) is 0. The number of hydrogen-bond acceptors (Lipinski definition) is 3. The van der Waals surface area contributed by atoms with Gasteiger partial charge in [-0.3, -0.25) is 4.79 Å². The topological polar surface area (TPSA) is 35.5 Å². The minimum absolute atomic E-state index is 0.162. The number of carbonyl (C=O) groups excluding carboxylic acids is 1. The molecule has 0 bridgehead atoms. The maximum absolute atomic E-state index is 11.4. The zero-order valence-electron chi connectivity index (χ0n) is 11.6. The van der Waals surface area contributed by atoms with Gasteiger partial charge < -0.3 is 9.47 Å². The van der Waals surface area contributed by atoms with Gasteiger partial charge in [-0.25, -0.2) is 0 Å². The molecule has 1 unspecified atom stereocenters. The fourth-order valence-electron chi connectivity index (χ4n) is 3.39. The van der Waals surface area contributed by atoms with E-state index in [0.29, 0.717) is 19.3 Å². The molecule has 0 aromatic heterocycles. The SMILES string of the molecule is O=C1CCC2(CC(c3ccccc3)(c3ccccc3)O2)O1. The molecule has 0 N–H and O–H groups in total. The van der Waals surface area contributed by atoms with Crippen LogP contribution in [0.2, 0.25) is 0 Å². The second-order valence-electron chi connectivity index (χ2n) is 5.72. The second-order valence-corrected chi connectivity index (χ2v) is 5.72. The van der Waals surface area contributed by atoms with E-state index in [1.54, 1.807) is 0 Å². The first-order chi connectivity index (χ1) is 10.2. The first-order valence-electron chi connectivity index (χ1n) is 7.26. The largest absolute Gasteiger partial charge is 0.433 e. The van der Waals surface area contributed by atoms with Gasteiger partial charge in [-0.15, -0.1) is 0 Å². The van der Waals surface area contributed by atoms with E-state index in [1.807, 2.05) is 36.4 Å². The van der Waals surface area contributed by atoms with Gasteiger partial charge in [-0.1, -0.05) is 60.7 Å². The summed E-state index contributed by atoms with van der Waals surface area (Å²) in [5.41, 5.74) is 1.70. The fraction of sp³-hybridized carbons (Fsp3) is 0.278. The Bertz CT molecular complexity index is 616. The average Bonchev–Trinajstić information content (AvgIpc) is 2.89. The van der Waals surface area contributed by atoms with Crippen LogP contribution in [0.5, 0.6) is 0 Å². The highest BCUT2D eigenvalue weighted by atomic mass is 16.8. The maximum atomic E-state index is 11.4. The lowest BCUT2D eigenvalue weighted by atomic mass is 9.75. The van der Waals surface area contributed by atoms with Gasteiger partial charge in [0.1, 0.15) is 5.60 Å². The molecular weight excluding hydrogens is 264 g/mol. The minimum Gasteiger partial charge on any atom is -0.433 e.